The molecule has 0 saturated heterocycles. The van der Waals surface area contributed by atoms with Crippen molar-refractivity contribution in [1.29, 1.82) is 0 Å². The third kappa shape index (κ3) is 5.85. The summed E-state index contributed by atoms with van der Waals surface area (Å²) in [7, 11) is 0. The van der Waals surface area contributed by atoms with E-state index in [-0.39, 0.29) is 0 Å². The highest BCUT2D eigenvalue weighted by molar-refractivity contribution is 7.21. The molecule has 1 fully saturated rings. The fourth-order valence-electron chi connectivity index (χ4n) is 4.56. The van der Waals surface area contributed by atoms with Gasteiger partial charge in [0.2, 0.25) is 0 Å². The van der Waals surface area contributed by atoms with Crippen molar-refractivity contribution in [1.82, 2.24) is 19.9 Å². The lowest BCUT2D eigenvalue weighted by Gasteiger charge is -2.23. The Morgan fingerprint density at radius 2 is 1.16 bits per heavy atom. The summed E-state index contributed by atoms with van der Waals surface area (Å²) in [5.74, 6) is 0.989. The summed E-state index contributed by atoms with van der Waals surface area (Å²) in [5, 5.41) is 6.12. The molecule has 0 atom stereocenters. The third-order valence-electron chi connectivity index (χ3n) is 6.48. The van der Waals surface area contributed by atoms with Crippen LogP contribution in [0.5, 0.6) is 0 Å². The first kappa shape index (κ1) is 24.9. The maximum Gasteiger partial charge on any atom is 0.146 e. The molecule has 6 aromatic rings. The number of thiazole rings is 2. The number of fused-ring (bicyclic) bond motifs is 2. The minimum atomic E-state index is 0.510. The standard InChI is InChI=1S/C18H19N3S.C12H7ClN2S/c1-3-7-13(8-4-1)17-20-15-11-12-16(21-18(15)22-17)19-14-9-5-2-6-10-14;13-10-7-6-9-12(15-10)16-11(14-9)8-4-2-1-3-5-8/h1,3-4,7-8,11-12,14H,2,5-6,9-10H2,(H,19,21);1-7H. The molecule has 2 aromatic carbocycles. The van der Waals surface area contributed by atoms with Crippen LogP contribution in [0.2, 0.25) is 5.15 Å². The molecule has 5 nitrogen and oxygen atoms in total. The number of hydrogen-bond donors (Lipinski definition) is 1. The Labute approximate surface area is 234 Å². The molecule has 4 aromatic heterocycles. The van der Waals surface area contributed by atoms with E-state index in [1.807, 2.05) is 54.6 Å². The van der Waals surface area contributed by atoms with Crippen molar-refractivity contribution in [3.05, 3.63) is 90.1 Å². The number of pyridine rings is 2. The van der Waals surface area contributed by atoms with Crippen molar-refractivity contribution in [3.63, 3.8) is 0 Å². The fourth-order valence-corrected chi connectivity index (χ4v) is 6.64. The van der Waals surface area contributed by atoms with Crippen molar-refractivity contribution < 1.29 is 0 Å². The van der Waals surface area contributed by atoms with Gasteiger partial charge in [0.1, 0.15) is 41.7 Å². The molecule has 7 rings (SSSR count). The summed E-state index contributed by atoms with van der Waals surface area (Å²) in [6.07, 6.45) is 6.56. The van der Waals surface area contributed by atoms with Gasteiger partial charge in [-0.3, -0.25) is 0 Å². The zero-order chi connectivity index (χ0) is 25.7. The second kappa shape index (κ2) is 11.6. The predicted octanol–water partition coefficient (Wildman–Crippen LogP) is 9.11. The number of anilines is 1. The molecule has 4 heterocycles. The van der Waals surface area contributed by atoms with Crippen molar-refractivity contribution in [2.75, 3.05) is 5.32 Å². The van der Waals surface area contributed by atoms with Crippen molar-refractivity contribution >= 4 is 60.8 Å². The van der Waals surface area contributed by atoms with E-state index < -0.39 is 0 Å². The maximum absolute atomic E-state index is 5.84. The van der Waals surface area contributed by atoms with Crippen LogP contribution in [0.1, 0.15) is 32.1 Å². The molecule has 0 unspecified atom stereocenters. The second-order valence-electron chi connectivity index (χ2n) is 9.23. The van der Waals surface area contributed by atoms with Crippen molar-refractivity contribution in [3.8, 4) is 21.1 Å². The van der Waals surface area contributed by atoms with E-state index in [2.05, 4.69) is 39.6 Å². The highest BCUT2D eigenvalue weighted by Crippen LogP contribution is 2.31. The van der Waals surface area contributed by atoms with Gasteiger partial charge in [-0.15, -0.1) is 0 Å². The molecule has 1 aliphatic carbocycles. The number of nitrogens with zero attached hydrogens (tertiary/aromatic N) is 4. The number of aromatic nitrogens is 4. The second-order valence-corrected chi connectivity index (χ2v) is 11.6. The Bertz CT molecular complexity index is 1640. The maximum atomic E-state index is 5.84. The van der Waals surface area contributed by atoms with E-state index in [1.165, 1.54) is 32.1 Å². The first-order valence-corrected chi connectivity index (χ1v) is 14.8. The van der Waals surface area contributed by atoms with Gasteiger partial charge in [-0.1, -0.05) is 114 Å². The van der Waals surface area contributed by atoms with Gasteiger partial charge < -0.3 is 5.32 Å². The SMILES string of the molecule is Clc1ccc2nc(-c3ccccc3)sc2n1.c1ccc(-c2nc3ccc(NC4CCCCC4)nc3s2)cc1. The Morgan fingerprint density at radius 3 is 1.76 bits per heavy atom. The zero-order valence-corrected chi connectivity index (χ0v) is 23.1. The lowest BCUT2D eigenvalue weighted by molar-refractivity contribution is 0.462. The van der Waals surface area contributed by atoms with Crippen LogP contribution in [0.25, 0.3) is 41.8 Å². The largest absolute Gasteiger partial charge is 0.367 e. The summed E-state index contributed by atoms with van der Waals surface area (Å²) in [5.41, 5.74) is 4.15. The van der Waals surface area contributed by atoms with Crippen LogP contribution in [0.3, 0.4) is 0 Å². The van der Waals surface area contributed by atoms with E-state index in [1.54, 1.807) is 28.7 Å². The van der Waals surface area contributed by atoms with E-state index in [0.29, 0.717) is 11.2 Å². The van der Waals surface area contributed by atoms with Gasteiger partial charge in [-0.05, 0) is 37.1 Å². The number of rotatable bonds is 4. The van der Waals surface area contributed by atoms with Gasteiger partial charge in [-0.25, -0.2) is 19.9 Å². The van der Waals surface area contributed by atoms with Crippen LogP contribution in [0.15, 0.2) is 84.9 Å². The minimum absolute atomic E-state index is 0.510. The Kier molecular flexibility index (Phi) is 7.58. The van der Waals surface area contributed by atoms with E-state index in [4.69, 9.17) is 21.6 Å². The smallest absolute Gasteiger partial charge is 0.146 e. The monoisotopic (exact) mass is 555 g/mol. The van der Waals surface area contributed by atoms with Crippen LogP contribution in [0, 0.1) is 0 Å². The molecule has 0 radical (unpaired) electrons. The average molecular weight is 556 g/mol. The zero-order valence-electron chi connectivity index (χ0n) is 20.7. The molecule has 1 saturated carbocycles. The van der Waals surface area contributed by atoms with Crippen molar-refractivity contribution in [2.45, 2.75) is 38.1 Å². The lowest BCUT2D eigenvalue weighted by Crippen LogP contribution is -2.22. The van der Waals surface area contributed by atoms with E-state index in [9.17, 15) is 0 Å². The third-order valence-corrected chi connectivity index (χ3v) is 8.71. The van der Waals surface area contributed by atoms with Crippen LogP contribution in [-0.2, 0) is 0 Å². The lowest BCUT2D eigenvalue weighted by atomic mass is 9.95. The molecule has 0 amide bonds. The first-order valence-electron chi connectivity index (χ1n) is 12.8. The Morgan fingerprint density at radius 1 is 0.605 bits per heavy atom. The van der Waals surface area contributed by atoms with Gasteiger partial charge in [0.05, 0.1) is 0 Å². The predicted molar refractivity (Wildman–Crippen MR) is 161 cm³/mol. The molecule has 1 N–H and O–H groups in total. The van der Waals surface area contributed by atoms with Crippen LogP contribution < -0.4 is 5.32 Å². The summed E-state index contributed by atoms with van der Waals surface area (Å²) < 4.78 is 0. The topological polar surface area (TPSA) is 63.6 Å². The molecular formula is C30H26ClN5S2. The number of hydrogen-bond acceptors (Lipinski definition) is 7. The Balaban J connectivity index is 0.000000146. The quantitative estimate of drug-likeness (QED) is 0.220. The van der Waals surface area contributed by atoms with Crippen molar-refractivity contribution in [2.24, 2.45) is 0 Å². The highest BCUT2D eigenvalue weighted by atomic mass is 35.5. The first-order chi connectivity index (χ1) is 18.7. The van der Waals surface area contributed by atoms with E-state index in [0.717, 1.165) is 47.7 Å². The summed E-state index contributed by atoms with van der Waals surface area (Å²) >= 11 is 9.06. The summed E-state index contributed by atoms with van der Waals surface area (Å²) in [4.78, 5) is 20.1. The van der Waals surface area contributed by atoms with Gasteiger partial charge in [0.25, 0.3) is 0 Å². The molecule has 0 aliphatic heterocycles. The fraction of sp³-hybridized carbons (Fsp3) is 0.200. The number of halogens is 1. The molecule has 190 valence electrons. The van der Waals surface area contributed by atoms with E-state index >= 15 is 0 Å². The van der Waals surface area contributed by atoms with Gasteiger partial charge in [0, 0.05) is 17.2 Å². The molecule has 38 heavy (non-hydrogen) atoms. The molecule has 8 heteroatoms. The summed E-state index contributed by atoms with van der Waals surface area (Å²) in [6.45, 7) is 0. The van der Waals surface area contributed by atoms with Gasteiger partial charge in [-0.2, -0.15) is 0 Å². The van der Waals surface area contributed by atoms with Crippen LogP contribution in [0.4, 0.5) is 5.82 Å². The average Bonchev–Trinajstić information content (AvgIpc) is 3.59. The molecular weight excluding hydrogens is 530 g/mol. The van der Waals surface area contributed by atoms with Gasteiger partial charge >= 0.3 is 0 Å². The van der Waals surface area contributed by atoms with Crippen LogP contribution >= 0.6 is 34.3 Å². The highest BCUT2D eigenvalue weighted by Gasteiger charge is 2.14. The molecule has 1 aliphatic rings. The summed E-state index contributed by atoms with van der Waals surface area (Å²) in [6, 6.07) is 28.8. The molecule has 0 spiro atoms. The number of benzene rings is 2. The Hall–Kier alpha value is -3.39. The number of nitrogens with one attached hydrogen (secondary N) is 1. The normalized spacial score (nSPS) is 13.8. The van der Waals surface area contributed by atoms with Crippen LogP contribution in [-0.4, -0.2) is 26.0 Å². The van der Waals surface area contributed by atoms with Gasteiger partial charge in [0.15, 0.2) is 0 Å². The minimum Gasteiger partial charge on any atom is -0.367 e. The molecule has 0 bridgehead atoms.